The van der Waals surface area contributed by atoms with Crippen molar-refractivity contribution in [3.05, 3.63) is 35.4 Å². The van der Waals surface area contributed by atoms with E-state index in [-0.39, 0.29) is 17.2 Å². The van der Waals surface area contributed by atoms with E-state index in [0.717, 1.165) is 61.5 Å². The van der Waals surface area contributed by atoms with Crippen LogP contribution >= 0.6 is 0 Å². The molecule has 0 atom stereocenters. The maximum Gasteiger partial charge on any atom is 0.251 e. The van der Waals surface area contributed by atoms with Crippen molar-refractivity contribution in [3.8, 4) is 0 Å². The van der Waals surface area contributed by atoms with E-state index in [1.165, 1.54) is 32.1 Å². The van der Waals surface area contributed by atoms with Crippen molar-refractivity contribution in [3.63, 3.8) is 0 Å². The second-order valence-corrected chi connectivity index (χ2v) is 10.7. The van der Waals surface area contributed by atoms with E-state index in [2.05, 4.69) is 10.6 Å². The third-order valence-electron chi connectivity index (χ3n) is 7.99. The zero-order chi connectivity index (χ0) is 21.3. The molecular formula is C26H36N2O3. The Labute approximate surface area is 185 Å². The minimum absolute atomic E-state index is 0.0497. The molecular weight excluding hydrogens is 388 g/mol. The molecule has 5 heteroatoms. The average molecular weight is 425 g/mol. The predicted molar refractivity (Wildman–Crippen MR) is 119 cm³/mol. The largest absolute Gasteiger partial charge is 0.381 e. The summed E-state index contributed by atoms with van der Waals surface area (Å²) in [7, 11) is 0. The van der Waals surface area contributed by atoms with Crippen LogP contribution in [0.15, 0.2) is 24.3 Å². The quantitative estimate of drug-likeness (QED) is 0.557. The number of hydrogen-bond acceptors (Lipinski definition) is 3. The number of carbonyl (C=O) groups is 2. The highest BCUT2D eigenvalue weighted by Gasteiger charge is 2.54. The topological polar surface area (TPSA) is 67.4 Å². The minimum atomic E-state index is -0.100. The van der Waals surface area contributed by atoms with Gasteiger partial charge in [-0.3, -0.25) is 9.59 Å². The van der Waals surface area contributed by atoms with Crippen LogP contribution in [0.3, 0.4) is 0 Å². The summed E-state index contributed by atoms with van der Waals surface area (Å²) in [6.45, 7) is 2.75. The van der Waals surface area contributed by atoms with Crippen LogP contribution in [0.5, 0.6) is 0 Å². The molecule has 4 bridgehead atoms. The van der Waals surface area contributed by atoms with Gasteiger partial charge in [0.05, 0.1) is 0 Å². The van der Waals surface area contributed by atoms with Crippen molar-refractivity contribution in [2.75, 3.05) is 19.8 Å². The standard InChI is InChI=1S/C26H36N2O3/c29-24(27-8-1-9-31-17-19-2-3-19)23-6-4-18(5-7-23)16-28-25(30)26-13-20-10-21(14-26)12-22(11-20)15-26/h4-7,19-22H,1-3,8-17H2,(H,27,29)(H,28,30). The van der Waals surface area contributed by atoms with Crippen LogP contribution in [0, 0.1) is 29.1 Å². The highest BCUT2D eigenvalue weighted by atomic mass is 16.5. The lowest BCUT2D eigenvalue weighted by atomic mass is 9.49. The number of nitrogens with one attached hydrogen (secondary N) is 2. The summed E-state index contributed by atoms with van der Waals surface area (Å²) in [5.41, 5.74) is 1.61. The molecule has 0 aromatic heterocycles. The van der Waals surface area contributed by atoms with Gasteiger partial charge in [-0.15, -0.1) is 0 Å². The molecule has 5 saturated carbocycles. The molecule has 2 amide bonds. The van der Waals surface area contributed by atoms with Crippen molar-refractivity contribution in [2.45, 2.75) is 64.3 Å². The number of rotatable bonds is 10. The van der Waals surface area contributed by atoms with Crippen LogP contribution in [0.2, 0.25) is 0 Å². The molecule has 31 heavy (non-hydrogen) atoms. The van der Waals surface area contributed by atoms with Gasteiger partial charge >= 0.3 is 0 Å². The molecule has 0 radical (unpaired) electrons. The Hall–Kier alpha value is -1.88. The fourth-order valence-electron chi connectivity index (χ4n) is 6.55. The fraction of sp³-hybridized carbons (Fsp3) is 0.692. The SMILES string of the molecule is O=C(NCCCOCC1CC1)c1ccc(CNC(=O)C23CC4CC(CC(C4)C2)C3)cc1. The Balaban J connectivity index is 1.05. The van der Waals surface area contributed by atoms with Gasteiger partial charge in [-0.2, -0.15) is 0 Å². The monoisotopic (exact) mass is 424 g/mol. The zero-order valence-corrected chi connectivity index (χ0v) is 18.5. The summed E-state index contributed by atoms with van der Waals surface area (Å²) >= 11 is 0. The molecule has 6 rings (SSSR count). The number of ether oxygens (including phenoxy) is 1. The maximum atomic E-state index is 13.1. The Morgan fingerprint density at radius 1 is 0.935 bits per heavy atom. The third-order valence-corrected chi connectivity index (χ3v) is 7.99. The van der Waals surface area contributed by atoms with E-state index in [1.54, 1.807) is 0 Å². The Morgan fingerprint density at radius 2 is 1.58 bits per heavy atom. The number of amides is 2. The highest BCUT2D eigenvalue weighted by Crippen LogP contribution is 2.60. The molecule has 5 aliphatic carbocycles. The van der Waals surface area contributed by atoms with Crippen molar-refractivity contribution < 1.29 is 14.3 Å². The van der Waals surface area contributed by atoms with E-state index < -0.39 is 0 Å². The average Bonchev–Trinajstić information content (AvgIpc) is 3.58. The highest BCUT2D eigenvalue weighted by molar-refractivity contribution is 5.94. The van der Waals surface area contributed by atoms with E-state index >= 15 is 0 Å². The summed E-state index contributed by atoms with van der Waals surface area (Å²) in [6.07, 6.45) is 10.8. The van der Waals surface area contributed by atoms with Crippen LogP contribution in [-0.4, -0.2) is 31.6 Å². The van der Waals surface area contributed by atoms with Crippen molar-refractivity contribution in [1.29, 1.82) is 0 Å². The first-order valence-electron chi connectivity index (χ1n) is 12.3. The molecule has 5 aliphatic rings. The molecule has 0 heterocycles. The Morgan fingerprint density at radius 3 is 2.19 bits per heavy atom. The van der Waals surface area contributed by atoms with Crippen LogP contribution in [0.4, 0.5) is 0 Å². The Bertz CT molecular complexity index is 764. The molecule has 5 fully saturated rings. The van der Waals surface area contributed by atoms with Gasteiger partial charge in [0, 0.05) is 37.3 Å². The van der Waals surface area contributed by atoms with Crippen LogP contribution in [0.1, 0.15) is 73.7 Å². The molecule has 0 aliphatic heterocycles. The van der Waals surface area contributed by atoms with Crippen molar-refractivity contribution >= 4 is 11.8 Å². The molecule has 5 nitrogen and oxygen atoms in total. The minimum Gasteiger partial charge on any atom is -0.381 e. The maximum absolute atomic E-state index is 13.1. The smallest absolute Gasteiger partial charge is 0.251 e. The molecule has 0 spiro atoms. The van der Waals surface area contributed by atoms with Gasteiger partial charge in [0.2, 0.25) is 5.91 Å². The second kappa shape index (κ2) is 8.93. The second-order valence-electron chi connectivity index (χ2n) is 10.7. The first-order valence-corrected chi connectivity index (χ1v) is 12.3. The lowest BCUT2D eigenvalue weighted by Crippen LogP contribution is -2.53. The first kappa shape index (κ1) is 21.0. The molecule has 0 saturated heterocycles. The summed E-state index contributed by atoms with van der Waals surface area (Å²) in [4.78, 5) is 25.4. The van der Waals surface area contributed by atoms with E-state index in [0.29, 0.717) is 25.3 Å². The summed E-state index contributed by atoms with van der Waals surface area (Å²) in [6, 6.07) is 7.61. The summed E-state index contributed by atoms with van der Waals surface area (Å²) in [5.74, 6) is 3.33. The molecule has 1 aromatic rings. The zero-order valence-electron chi connectivity index (χ0n) is 18.5. The van der Waals surface area contributed by atoms with Gasteiger partial charge in [0.25, 0.3) is 5.91 Å². The third kappa shape index (κ3) is 4.97. The number of hydrogen-bond donors (Lipinski definition) is 2. The van der Waals surface area contributed by atoms with Gasteiger partial charge < -0.3 is 15.4 Å². The lowest BCUT2D eigenvalue weighted by molar-refractivity contribution is -0.146. The molecule has 0 unspecified atom stereocenters. The summed E-state index contributed by atoms with van der Waals surface area (Å²) in [5, 5.41) is 6.18. The predicted octanol–water partition coefficient (Wildman–Crippen LogP) is 4.07. The molecule has 2 N–H and O–H groups in total. The molecule has 1 aromatic carbocycles. The fourth-order valence-corrected chi connectivity index (χ4v) is 6.55. The van der Waals surface area contributed by atoms with Gasteiger partial charge in [-0.25, -0.2) is 0 Å². The molecule has 168 valence electrons. The van der Waals surface area contributed by atoms with E-state index in [9.17, 15) is 9.59 Å². The number of benzene rings is 1. The van der Waals surface area contributed by atoms with Gasteiger partial charge in [0.1, 0.15) is 0 Å². The Kier molecular flexibility index (Phi) is 6.05. The summed E-state index contributed by atoms with van der Waals surface area (Å²) < 4.78 is 5.60. The van der Waals surface area contributed by atoms with Crippen LogP contribution in [-0.2, 0) is 16.1 Å². The van der Waals surface area contributed by atoms with Crippen LogP contribution < -0.4 is 10.6 Å². The van der Waals surface area contributed by atoms with Gasteiger partial charge in [0.15, 0.2) is 0 Å². The van der Waals surface area contributed by atoms with Crippen LogP contribution in [0.25, 0.3) is 0 Å². The number of carbonyl (C=O) groups excluding carboxylic acids is 2. The van der Waals surface area contributed by atoms with Gasteiger partial charge in [-0.05, 0) is 99.2 Å². The lowest BCUT2D eigenvalue weighted by Gasteiger charge is -2.55. The first-order chi connectivity index (χ1) is 15.1. The van der Waals surface area contributed by atoms with E-state index in [4.69, 9.17) is 4.74 Å². The van der Waals surface area contributed by atoms with Crippen molar-refractivity contribution in [2.24, 2.45) is 29.1 Å². The van der Waals surface area contributed by atoms with Crippen molar-refractivity contribution in [1.82, 2.24) is 10.6 Å². The van der Waals surface area contributed by atoms with Gasteiger partial charge in [-0.1, -0.05) is 12.1 Å². The normalized spacial score (nSPS) is 30.9. The van der Waals surface area contributed by atoms with E-state index in [1.807, 2.05) is 24.3 Å².